The average Bonchev–Trinajstić information content (AvgIpc) is 2.45. The minimum Gasteiger partial charge on any atom is -0.332 e. The number of benzene rings is 2. The Labute approximate surface area is 119 Å². The van der Waals surface area contributed by atoms with Gasteiger partial charge in [-0.1, -0.05) is 30.3 Å². The third kappa shape index (κ3) is 2.16. The van der Waals surface area contributed by atoms with E-state index in [1.165, 1.54) is 10.6 Å². The van der Waals surface area contributed by atoms with Gasteiger partial charge in [0.2, 0.25) is 0 Å². The minimum atomic E-state index is -0.345. The summed E-state index contributed by atoms with van der Waals surface area (Å²) in [6, 6.07) is 13.5. The minimum absolute atomic E-state index is 0.117. The van der Waals surface area contributed by atoms with Gasteiger partial charge < -0.3 is 4.98 Å². The second-order valence-corrected chi connectivity index (χ2v) is 4.85. The van der Waals surface area contributed by atoms with E-state index in [1.54, 1.807) is 36.4 Å². The van der Waals surface area contributed by atoms with Gasteiger partial charge in [-0.2, -0.15) is 0 Å². The fourth-order valence-electron chi connectivity index (χ4n) is 2.14. The van der Waals surface area contributed by atoms with E-state index in [1.807, 2.05) is 6.07 Å². The van der Waals surface area contributed by atoms with Crippen LogP contribution in [0.25, 0.3) is 10.9 Å². The van der Waals surface area contributed by atoms with Gasteiger partial charge >= 0.3 is 0 Å². The number of nitrogens with one attached hydrogen (secondary N) is 1. The van der Waals surface area contributed by atoms with E-state index in [4.69, 9.17) is 12.2 Å². The molecule has 0 saturated carbocycles. The van der Waals surface area contributed by atoms with E-state index in [0.29, 0.717) is 16.5 Å². The number of aromatic amines is 1. The summed E-state index contributed by atoms with van der Waals surface area (Å²) >= 11 is 5.19. The molecule has 0 aliphatic carbocycles. The molecule has 0 radical (unpaired) electrons. The summed E-state index contributed by atoms with van der Waals surface area (Å²) in [7, 11) is 0. The zero-order valence-corrected chi connectivity index (χ0v) is 11.3. The second kappa shape index (κ2) is 5.02. The van der Waals surface area contributed by atoms with Crippen LogP contribution >= 0.6 is 12.2 Å². The van der Waals surface area contributed by atoms with Crippen LogP contribution in [0.4, 0.5) is 4.39 Å². The van der Waals surface area contributed by atoms with Crippen LogP contribution in [0.15, 0.2) is 53.3 Å². The van der Waals surface area contributed by atoms with Gasteiger partial charge in [0.05, 0.1) is 17.4 Å². The highest BCUT2D eigenvalue weighted by atomic mass is 32.1. The molecule has 1 aromatic heterocycles. The molecule has 0 spiro atoms. The summed E-state index contributed by atoms with van der Waals surface area (Å²) in [6.07, 6.45) is 0. The lowest BCUT2D eigenvalue weighted by Crippen LogP contribution is -2.23. The molecule has 2 aromatic carbocycles. The first-order valence-electron chi connectivity index (χ1n) is 6.12. The van der Waals surface area contributed by atoms with Crippen molar-refractivity contribution in [3.8, 4) is 0 Å². The van der Waals surface area contributed by atoms with Crippen molar-refractivity contribution < 1.29 is 4.39 Å². The molecule has 20 heavy (non-hydrogen) atoms. The molecule has 1 heterocycles. The molecule has 3 rings (SSSR count). The zero-order chi connectivity index (χ0) is 14.1. The van der Waals surface area contributed by atoms with Crippen LogP contribution in [0.5, 0.6) is 0 Å². The standard InChI is InChI=1S/C15H11FN2OS/c16-12-7-3-1-5-10(12)9-18-14(19)11-6-2-4-8-13(11)17-15(18)20/h1-8H,9H2,(H,17,20). The van der Waals surface area contributed by atoms with Gasteiger partial charge in [0, 0.05) is 5.56 Å². The lowest BCUT2D eigenvalue weighted by Gasteiger charge is -2.08. The predicted molar refractivity (Wildman–Crippen MR) is 78.9 cm³/mol. The van der Waals surface area contributed by atoms with Crippen molar-refractivity contribution in [2.24, 2.45) is 0 Å². The number of hydrogen-bond acceptors (Lipinski definition) is 2. The lowest BCUT2D eigenvalue weighted by atomic mass is 10.2. The zero-order valence-electron chi connectivity index (χ0n) is 10.5. The Hall–Kier alpha value is -2.27. The van der Waals surface area contributed by atoms with Crippen LogP contribution < -0.4 is 5.56 Å². The van der Waals surface area contributed by atoms with Crippen LogP contribution in [-0.4, -0.2) is 9.55 Å². The highest BCUT2D eigenvalue weighted by molar-refractivity contribution is 7.71. The number of para-hydroxylation sites is 1. The van der Waals surface area contributed by atoms with Gasteiger partial charge in [0.1, 0.15) is 5.82 Å². The number of nitrogens with zero attached hydrogens (tertiary/aromatic N) is 1. The van der Waals surface area contributed by atoms with Crippen molar-refractivity contribution in [2.45, 2.75) is 6.54 Å². The SMILES string of the molecule is O=c1c2ccccc2[nH]c(=S)n1Cc1ccccc1F. The first-order valence-corrected chi connectivity index (χ1v) is 6.53. The lowest BCUT2D eigenvalue weighted by molar-refractivity contribution is 0.594. The van der Waals surface area contributed by atoms with E-state index in [-0.39, 0.29) is 22.7 Å². The first-order chi connectivity index (χ1) is 9.66. The fourth-order valence-corrected chi connectivity index (χ4v) is 2.40. The van der Waals surface area contributed by atoms with Gasteiger partial charge in [0.25, 0.3) is 5.56 Å². The average molecular weight is 286 g/mol. The van der Waals surface area contributed by atoms with Crippen LogP contribution in [0.1, 0.15) is 5.56 Å². The van der Waals surface area contributed by atoms with Crippen molar-refractivity contribution in [3.63, 3.8) is 0 Å². The van der Waals surface area contributed by atoms with E-state index < -0.39 is 0 Å². The highest BCUT2D eigenvalue weighted by Gasteiger charge is 2.08. The first kappa shape index (κ1) is 12.7. The van der Waals surface area contributed by atoms with Crippen LogP contribution in [-0.2, 0) is 6.54 Å². The third-order valence-electron chi connectivity index (χ3n) is 3.18. The summed E-state index contributed by atoms with van der Waals surface area (Å²) in [6.45, 7) is 0.117. The molecule has 0 atom stereocenters. The number of rotatable bonds is 2. The van der Waals surface area contributed by atoms with Crippen LogP contribution in [0.2, 0.25) is 0 Å². The fraction of sp³-hybridized carbons (Fsp3) is 0.0667. The number of hydrogen-bond donors (Lipinski definition) is 1. The molecular formula is C15H11FN2OS. The largest absolute Gasteiger partial charge is 0.332 e. The molecular weight excluding hydrogens is 275 g/mol. The Morgan fingerprint density at radius 1 is 1.10 bits per heavy atom. The summed E-state index contributed by atoms with van der Waals surface area (Å²) in [4.78, 5) is 15.4. The Balaban J connectivity index is 2.20. The van der Waals surface area contributed by atoms with E-state index in [2.05, 4.69) is 4.98 Å². The maximum absolute atomic E-state index is 13.7. The number of halogens is 1. The topological polar surface area (TPSA) is 37.8 Å². The normalized spacial score (nSPS) is 10.8. The van der Waals surface area contributed by atoms with Crippen LogP contribution in [0.3, 0.4) is 0 Å². The number of fused-ring (bicyclic) bond motifs is 1. The monoisotopic (exact) mass is 286 g/mol. The van der Waals surface area contributed by atoms with Gasteiger partial charge in [-0.3, -0.25) is 9.36 Å². The Morgan fingerprint density at radius 2 is 1.80 bits per heavy atom. The van der Waals surface area contributed by atoms with Crippen molar-refractivity contribution in [3.05, 3.63) is 75.0 Å². The maximum Gasteiger partial charge on any atom is 0.262 e. The van der Waals surface area contributed by atoms with Gasteiger partial charge in [-0.15, -0.1) is 0 Å². The van der Waals surface area contributed by atoms with Gasteiger partial charge in [-0.05, 0) is 30.4 Å². The van der Waals surface area contributed by atoms with Crippen molar-refractivity contribution in [2.75, 3.05) is 0 Å². The summed E-state index contributed by atoms with van der Waals surface area (Å²) in [5, 5.41) is 0.539. The summed E-state index contributed by atoms with van der Waals surface area (Å²) in [5.41, 5.74) is 0.907. The quantitative estimate of drug-likeness (QED) is 0.734. The molecule has 3 nitrogen and oxygen atoms in total. The molecule has 100 valence electrons. The summed E-state index contributed by atoms with van der Waals surface area (Å²) < 4.78 is 15.4. The second-order valence-electron chi connectivity index (χ2n) is 4.46. The third-order valence-corrected chi connectivity index (χ3v) is 3.50. The van der Waals surface area contributed by atoms with Crippen molar-refractivity contribution in [1.29, 1.82) is 0 Å². The molecule has 0 unspecified atom stereocenters. The predicted octanol–water partition coefficient (Wildman–Crippen LogP) is 3.25. The number of aromatic nitrogens is 2. The maximum atomic E-state index is 13.7. The molecule has 0 aliphatic heterocycles. The smallest absolute Gasteiger partial charge is 0.262 e. The highest BCUT2D eigenvalue weighted by Crippen LogP contribution is 2.10. The van der Waals surface area contributed by atoms with E-state index in [9.17, 15) is 9.18 Å². The molecule has 5 heteroatoms. The van der Waals surface area contributed by atoms with Crippen molar-refractivity contribution >= 4 is 23.1 Å². The molecule has 0 saturated heterocycles. The van der Waals surface area contributed by atoms with Crippen LogP contribution in [0, 0.1) is 10.6 Å². The van der Waals surface area contributed by atoms with Gasteiger partial charge in [-0.25, -0.2) is 4.39 Å². The molecule has 1 N–H and O–H groups in total. The molecule has 3 aromatic rings. The summed E-state index contributed by atoms with van der Waals surface area (Å²) in [5.74, 6) is -0.345. The van der Waals surface area contributed by atoms with Crippen molar-refractivity contribution in [1.82, 2.24) is 9.55 Å². The Bertz CT molecular complexity index is 898. The molecule has 0 fully saturated rings. The Morgan fingerprint density at radius 3 is 2.60 bits per heavy atom. The molecule has 0 bridgehead atoms. The van der Waals surface area contributed by atoms with E-state index >= 15 is 0 Å². The molecule has 0 aliphatic rings. The van der Waals surface area contributed by atoms with Gasteiger partial charge in [0.15, 0.2) is 4.77 Å². The Kier molecular flexibility index (Phi) is 3.20. The number of H-pyrrole nitrogens is 1. The molecule has 0 amide bonds. The van der Waals surface area contributed by atoms with E-state index in [0.717, 1.165) is 0 Å².